The molecule has 0 aliphatic carbocycles. The van der Waals surface area contributed by atoms with Gasteiger partial charge in [0.05, 0.1) is 6.61 Å². The standard InChI is InChI=1S/C15H19BF3N3OS/c1-24(2,3)7-6-23-10-22-9-13(15(17,18)19)21-14(22)12-5-4-11(16)8-20-12/h4-5,8-9H,6-7,10H2,1-3H3. The molecule has 0 N–H and O–H groups in total. The van der Waals surface area contributed by atoms with Gasteiger partial charge >= 0.3 is 6.18 Å². The minimum absolute atomic E-state index is 0.0139. The van der Waals surface area contributed by atoms with Crippen molar-refractivity contribution in [2.24, 2.45) is 0 Å². The fourth-order valence-electron chi connectivity index (χ4n) is 1.86. The third kappa shape index (κ3) is 5.27. The summed E-state index contributed by atoms with van der Waals surface area (Å²) in [5.74, 6) is 0.981. The summed E-state index contributed by atoms with van der Waals surface area (Å²) in [6.45, 7) is 0.465. The molecule has 0 spiro atoms. The Balaban J connectivity index is 2.21. The molecule has 2 aromatic heterocycles. The van der Waals surface area contributed by atoms with E-state index in [1.54, 1.807) is 6.07 Å². The number of alkyl halides is 3. The third-order valence-electron chi connectivity index (χ3n) is 3.15. The lowest BCUT2D eigenvalue weighted by atomic mass is 9.99. The Morgan fingerprint density at radius 1 is 1.25 bits per heavy atom. The molecule has 0 atom stereocenters. The summed E-state index contributed by atoms with van der Waals surface area (Å²) in [5, 5.41) is 0. The Kier molecular flexibility index (Phi) is 5.65. The van der Waals surface area contributed by atoms with E-state index in [2.05, 4.69) is 28.7 Å². The van der Waals surface area contributed by atoms with Gasteiger partial charge in [-0.15, -0.1) is 0 Å². The molecule has 0 aliphatic heterocycles. The number of hydrogen-bond acceptors (Lipinski definition) is 3. The smallest absolute Gasteiger partial charge is 0.360 e. The van der Waals surface area contributed by atoms with Crippen LogP contribution < -0.4 is 5.46 Å². The Bertz CT molecular complexity index is 681. The van der Waals surface area contributed by atoms with Gasteiger partial charge in [0.1, 0.15) is 20.3 Å². The highest BCUT2D eigenvalue weighted by atomic mass is 32.3. The number of rotatable bonds is 6. The highest BCUT2D eigenvalue weighted by molar-refractivity contribution is 8.32. The summed E-state index contributed by atoms with van der Waals surface area (Å²) in [6, 6.07) is 3.10. The zero-order valence-corrected chi connectivity index (χ0v) is 14.6. The van der Waals surface area contributed by atoms with Crippen LogP contribution in [-0.4, -0.2) is 53.5 Å². The van der Waals surface area contributed by atoms with Gasteiger partial charge in [-0.1, -0.05) is 11.5 Å². The highest BCUT2D eigenvalue weighted by Crippen LogP contribution is 2.34. The molecule has 0 bridgehead atoms. The molecule has 0 aliphatic rings. The highest BCUT2D eigenvalue weighted by Gasteiger charge is 2.35. The van der Waals surface area contributed by atoms with E-state index in [1.165, 1.54) is 16.8 Å². The zero-order chi connectivity index (χ0) is 18.0. The van der Waals surface area contributed by atoms with Crippen molar-refractivity contribution in [1.29, 1.82) is 0 Å². The van der Waals surface area contributed by atoms with Gasteiger partial charge in [-0.2, -0.15) is 13.2 Å². The van der Waals surface area contributed by atoms with Gasteiger partial charge in [0.25, 0.3) is 0 Å². The van der Waals surface area contributed by atoms with Crippen molar-refractivity contribution >= 4 is 23.3 Å². The molecule has 24 heavy (non-hydrogen) atoms. The first-order valence-electron chi connectivity index (χ1n) is 7.16. The molecular weight excluding hydrogens is 338 g/mol. The molecular formula is C15H19BF3N3OS. The number of imidazole rings is 1. The van der Waals surface area contributed by atoms with Gasteiger partial charge in [-0.25, -0.2) is 15.0 Å². The number of nitrogens with zero attached hydrogens (tertiary/aromatic N) is 3. The first-order chi connectivity index (χ1) is 11.1. The van der Waals surface area contributed by atoms with E-state index < -0.39 is 21.9 Å². The van der Waals surface area contributed by atoms with Crippen molar-refractivity contribution in [2.75, 3.05) is 31.1 Å². The summed E-state index contributed by atoms with van der Waals surface area (Å²) in [7, 11) is 4.84. The maximum absolute atomic E-state index is 13.0. The first-order valence-corrected chi connectivity index (χ1v) is 10.2. The van der Waals surface area contributed by atoms with Crippen LogP contribution in [0.2, 0.25) is 0 Å². The van der Waals surface area contributed by atoms with E-state index in [-0.39, 0.29) is 12.6 Å². The van der Waals surface area contributed by atoms with Gasteiger partial charge in [0.2, 0.25) is 0 Å². The number of halogens is 3. The molecule has 2 heterocycles. The largest absolute Gasteiger partial charge is 0.434 e. The van der Waals surface area contributed by atoms with E-state index >= 15 is 0 Å². The number of hydrogen-bond donors (Lipinski definition) is 0. The molecule has 0 amide bonds. The summed E-state index contributed by atoms with van der Waals surface area (Å²) in [5.41, 5.74) is -0.233. The number of aromatic nitrogens is 3. The summed E-state index contributed by atoms with van der Waals surface area (Å²) < 4.78 is 45.7. The SMILES string of the molecule is [B]c1ccc(-c2nc(C(F)(F)F)cn2COCCS(C)(C)C)nc1. The van der Waals surface area contributed by atoms with Crippen LogP contribution in [-0.2, 0) is 17.6 Å². The second kappa shape index (κ2) is 7.19. The Labute approximate surface area is 142 Å². The minimum atomic E-state index is -4.52. The summed E-state index contributed by atoms with van der Waals surface area (Å²) in [6.07, 6.45) is 4.25. The van der Waals surface area contributed by atoms with E-state index in [4.69, 9.17) is 12.6 Å². The Morgan fingerprint density at radius 3 is 2.50 bits per heavy atom. The third-order valence-corrected chi connectivity index (χ3v) is 4.54. The van der Waals surface area contributed by atoms with Crippen molar-refractivity contribution in [3.63, 3.8) is 0 Å². The fourth-order valence-corrected chi connectivity index (χ4v) is 2.48. The predicted molar refractivity (Wildman–Crippen MR) is 92.0 cm³/mol. The van der Waals surface area contributed by atoms with Crippen molar-refractivity contribution in [2.45, 2.75) is 12.9 Å². The van der Waals surface area contributed by atoms with E-state index in [1.807, 2.05) is 0 Å². The molecule has 0 saturated carbocycles. The van der Waals surface area contributed by atoms with E-state index in [0.717, 1.165) is 11.9 Å². The monoisotopic (exact) mass is 357 g/mol. The normalized spacial score (nSPS) is 13.2. The van der Waals surface area contributed by atoms with Crippen LogP contribution in [0, 0.1) is 0 Å². The quantitative estimate of drug-likeness (QED) is 0.589. The number of ether oxygens (including phenoxy) is 1. The second-order valence-electron chi connectivity index (χ2n) is 6.23. The van der Waals surface area contributed by atoms with Crippen molar-refractivity contribution in [3.8, 4) is 11.5 Å². The first kappa shape index (κ1) is 18.9. The van der Waals surface area contributed by atoms with Crippen molar-refractivity contribution in [3.05, 3.63) is 30.2 Å². The Hall–Kier alpha value is -1.48. The lowest BCUT2D eigenvalue weighted by molar-refractivity contribution is -0.141. The lowest BCUT2D eigenvalue weighted by Gasteiger charge is -2.24. The van der Waals surface area contributed by atoms with Gasteiger partial charge in [0.15, 0.2) is 11.5 Å². The van der Waals surface area contributed by atoms with Crippen molar-refractivity contribution in [1.82, 2.24) is 14.5 Å². The van der Waals surface area contributed by atoms with Crippen LogP contribution in [0.1, 0.15) is 5.69 Å². The van der Waals surface area contributed by atoms with Crippen LogP contribution in [0.25, 0.3) is 11.5 Å². The van der Waals surface area contributed by atoms with E-state index in [0.29, 0.717) is 17.8 Å². The molecule has 2 radical (unpaired) electrons. The van der Waals surface area contributed by atoms with Gasteiger partial charge in [0, 0.05) is 18.1 Å². The fraction of sp³-hybridized carbons (Fsp3) is 0.467. The van der Waals surface area contributed by atoms with Crippen LogP contribution in [0.15, 0.2) is 24.5 Å². The van der Waals surface area contributed by atoms with Crippen LogP contribution in [0.5, 0.6) is 0 Å². The van der Waals surface area contributed by atoms with Crippen LogP contribution in [0.3, 0.4) is 0 Å². The molecule has 130 valence electrons. The van der Waals surface area contributed by atoms with Crippen molar-refractivity contribution < 1.29 is 17.9 Å². The van der Waals surface area contributed by atoms with Crippen LogP contribution in [0.4, 0.5) is 13.2 Å². The molecule has 2 aromatic rings. The average molecular weight is 357 g/mol. The molecule has 2 rings (SSSR count). The van der Waals surface area contributed by atoms with Gasteiger partial charge < -0.3 is 9.30 Å². The summed E-state index contributed by atoms with van der Waals surface area (Å²) in [4.78, 5) is 7.71. The van der Waals surface area contributed by atoms with Crippen LogP contribution >= 0.6 is 10.0 Å². The summed E-state index contributed by atoms with van der Waals surface area (Å²) >= 11 is 0. The maximum atomic E-state index is 13.0. The Morgan fingerprint density at radius 2 is 1.96 bits per heavy atom. The maximum Gasteiger partial charge on any atom is 0.434 e. The molecule has 4 nitrogen and oxygen atoms in total. The predicted octanol–water partition coefficient (Wildman–Crippen LogP) is 2.43. The second-order valence-corrected chi connectivity index (χ2v) is 10.8. The molecule has 0 unspecified atom stereocenters. The van der Waals surface area contributed by atoms with Gasteiger partial charge in [-0.3, -0.25) is 4.98 Å². The minimum Gasteiger partial charge on any atom is -0.360 e. The molecule has 0 saturated heterocycles. The van der Waals surface area contributed by atoms with Gasteiger partial charge in [-0.05, 0) is 24.8 Å². The lowest BCUT2D eigenvalue weighted by Crippen LogP contribution is -2.11. The topological polar surface area (TPSA) is 39.9 Å². The van der Waals surface area contributed by atoms with E-state index in [9.17, 15) is 13.2 Å². The number of pyridine rings is 1. The molecule has 0 fully saturated rings. The average Bonchev–Trinajstić information content (AvgIpc) is 2.88. The molecule has 0 aromatic carbocycles. The molecule has 9 heteroatoms. The zero-order valence-electron chi connectivity index (χ0n) is 13.8.